The van der Waals surface area contributed by atoms with E-state index in [9.17, 15) is 9.59 Å². The molecule has 2 N–H and O–H groups in total. The van der Waals surface area contributed by atoms with Crippen LogP contribution in [0.5, 0.6) is 0 Å². The van der Waals surface area contributed by atoms with Gasteiger partial charge in [-0.2, -0.15) is 0 Å². The Bertz CT molecular complexity index is 230. The van der Waals surface area contributed by atoms with Crippen molar-refractivity contribution in [2.24, 2.45) is 11.3 Å². The molecule has 0 aliphatic carbocycles. The smallest absolute Gasteiger partial charge is 1.00 e. The van der Waals surface area contributed by atoms with Gasteiger partial charge in [0.2, 0.25) is 0 Å². The molecule has 0 atom stereocenters. The predicted molar refractivity (Wildman–Crippen MR) is 57.8 cm³/mol. The quantitative estimate of drug-likeness (QED) is 0.366. The number of aliphatic carboxylic acids is 2. The van der Waals surface area contributed by atoms with Crippen molar-refractivity contribution in [3.8, 4) is 0 Å². The Kier molecular flexibility index (Phi) is 10.2. The third-order valence-corrected chi connectivity index (χ3v) is 2.92. The molecule has 0 aromatic carbocycles. The maximum atomic E-state index is 11.1. The minimum atomic E-state index is -1.62. The molecule has 0 aliphatic rings. The maximum absolute atomic E-state index is 11.1. The molecule has 5 heteroatoms. The van der Waals surface area contributed by atoms with Crippen molar-refractivity contribution in [3.05, 3.63) is 0 Å². The van der Waals surface area contributed by atoms with Crippen molar-refractivity contribution < 1.29 is 72.6 Å². The Hall–Kier alpha value is 0.576. The van der Waals surface area contributed by atoms with E-state index in [1.807, 2.05) is 6.92 Å². The number of carboxylic acids is 2. The molecular weight excluding hydrogens is 235 g/mol. The van der Waals surface area contributed by atoms with E-state index in [-0.39, 0.29) is 59.2 Å². The van der Waals surface area contributed by atoms with E-state index < -0.39 is 23.3 Å². The van der Waals surface area contributed by atoms with Crippen molar-refractivity contribution in [3.63, 3.8) is 0 Å². The first-order chi connectivity index (χ1) is 6.89. The second kappa shape index (κ2) is 8.64. The fourth-order valence-corrected chi connectivity index (χ4v) is 1.74. The van der Waals surface area contributed by atoms with Gasteiger partial charge in [-0.25, -0.2) is 0 Å². The molecule has 0 heterocycles. The second-order valence-electron chi connectivity index (χ2n) is 4.19. The van der Waals surface area contributed by atoms with Crippen molar-refractivity contribution in [2.45, 2.75) is 46.5 Å². The molecule has 4 nitrogen and oxygen atoms in total. The van der Waals surface area contributed by atoms with Gasteiger partial charge in [-0.1, -0.05) is 40.0 Å². The zero-order valence-corrected chi connectivity index (χ0v) is 13.7. The summed E-state index contributed by atoms with van der Waals surface area (Å²) in [6.45, 7) is 5.29. The molecule has 0 amide bonds. The summed E-state index contributed by atoms with van der Waals surface area (Å²) in [6.07, 6.45) is 2.68. The fraction of sp³-hybridized carbons (Fsp3) is 0.818. The summed E-state index contributed by atoms with van der Waals surface area (Å²) in [7, 11) is 0. The summed E-state index contributed by atoms with van der Waals surface area (Å²) in [6, 6.07) is 0. The van der Waals surface area contributed by atoms with Gasteiger partial charge < -0.3 is 11.6 Å². The zero-order valence-electron chi connectivity index (χ0n) is 11.6. The monoisotopic (exact) mass is 256 g/mol. The van der Waals surface area contributed by atoms with Gasteiger partial charge in [-0.3, -0.25) is 9.59 Å². The van der Waals surface area contributed by atoms with Gasteiger partial charge in [0.15, 0.2) is 5.41 Å². The Balaban J connectivity index is -0.000000980. The molecule has 0 saturated heterocycles. The summed E-state index contributed by atoms with van der Waals surface area (Å²) < 4.78 is 0. The van der Waals surface area contributed by atoms with E-state index in [2.05, 4.69) is 0 Å². The van der Waals surface area contributed by atoms with E-state index in [0.717, 1.165) is 12.8 Å². The van der Waals surface area contributed by atoms with Crippen LogP contribution in [0.3, 0.4) is 0 Å². The fourth-order valence-electron chi connectivity index (χ4n) is 1.74. The third-order valence-electron chi connectivity index (χ3n) is 2.92. The van der Waals surface area contributed by atoms with Gasteiger partial charge in [0.25, 0.3) is 0 Å². The Morgan fingerprint density at radius 2 is 1.62 bits per heavy atom. The van der Waals surface area contributed by atoms with Crippen LogP contribution in [0, 0.1) is 11.3 Å². The molecule has 0 aliphatic heterocycles. The van der Waals surface area contributed by atoms with Crippen LogP contribution in [0.25, 0.3) is 0 Å². The molecule has 0 fully saturated rings. The molecule has 0 unspecified atom stereocenters. The largest absolute Gasteiger partial charge is 1.00 e. The van der Waals surface area contributed by atoms with Crippen molar-refractivity contribution in [2.75, 3.05) is 0 Å². The van der Waals surface area contributed by atoms with Crippen LogP contribution in [0.4, 0.5) is 0 Å². The molecule has 16 heavy (non-hydrogen) atoms. The minimum absolute atomic E-state index is 0. The standard InChI is InChI=1S/C11H20O4.K.H/c1-4-5-6-7-11(8(2)3,9(12)13)10(14)15;;/h8H,4-7H2,1-3H3,(H,12,13)(H,14,15);;/q;+1;-1. The minimum Gasteiger partial charge on any atom is -1.00 e. The molecule has 90 valence electrons. The van der Waals surface area contributed by atoms with Crippen LogP contribution in [0.1, 0.15) is 47.9 Å². The van der Waals surface area contributed by atoms with Crippen LogP contribution >= 0.6 is 0 Å². The predicted octanol–water partition coefficient (Wildman–Crippen LogP) is -0.505. The number of carbonyl (C=O) groups is 2. The number of unbranched alkanes of at least 4 members (excludes halogenated alkanes) is 2. The van der Waals surface area contributed by atoms with Gasteiger partial charge in [0, 0.05) is 0 Å². The summed E-state index contributed by atoms with van der Waals surface area (Å²) in [5.74, 6) is -2.84. The van der Waals surface area contributed by atoms with E-state index in [1.54, 1.807) is 13.8 Å². The van der Waals surface area contributed by atoms with Crippen molar-refractivity contribution in [1.82, 2.24) is 0 Å². The number of carboxylic acid groups (broad SMARTS) is 2. The van der Waals surface area contributed by atoms with Crippen LogP contribution < -0.4 is 51.4 Å². The average Bonchev–Trinajstić information content (AvgIpc) is 2.10. The first-order valence-electron chi connectivity index (χ1n) is 5.36. The molecule has 0 spiro atoms. The Labute approximate surface area is 141 Å². The normalized spacial score (nSPS) is 11.0. The van der Waals surface area contributed by atoms with Crippen molar-refractivity contribution in [1.29, 1.82) is 0 Å². The van der Waals surface area contributed by atoms with Crippen LogP contribution in [-0.2, 0) is 9.59 Å². The van der Waals surface area contributed by atoms with Gasteiger partial charge in [0.1, 0.15) is 0 Å². The maximum Gasteiger partial charge on any atom is 1.00 e. The molecule has 0 rings (SSSR count). The second-order valence-corrected chi connectivity index (χ2v) is 4.19. The zero-order chi connectivity index (χ0) is 12.1. The molecule has 0 bridgehead atoms. The Morgan fingerprint density at radius 1 is 1.19 bits per heavy atom. The molecular formula is C11H21KO4. The average molecular weight is 256 g/mol. The van der Waals surface area contributed by atoms with Gasteiger partial charge in [0.05, 0.1) is 0 Å². The SMILES string of the molecule is CCCCCC(C(=O)O)(C(=O)O)C(C)C.[H-].[K+]. The van der Waals surface area contributed by atoms with E-state index in [1.165, 1.54) is 0 Å². The molecule has 0 saturated carbocycles. The molecule has 0 radical (unpaired) electrons. The first kappa shape index (κ1) is 18.9. The summed E-state index contributed by atoms with van der Waals surface area (Å²) in [5.41, 5.74) is -1.62. The van der Waals surface area contributed by atoms with Gasteiger partial charge in [-0.15, -0.1) is 0 Å². The van der Waals surface area contributed by atoms with E-state index in [4.69, 9.17) is 10.2 Å². The van der Waals surface area contributed by atoms with Gasteiger partial charge >= 0.3 is 63.3 Å². The van der Waals surface area contributed by atoms with Crippen LogP contribution in [0.2, 0.25) is 0 Å². The topological polar surface area (TPSA) is 74.6 Å². The van der Waals surface area contributed by atoms with E-state index >= 15 is 0 Å². The first-order valence-corrected chi connectivity index (χ1v) is 5.36. The molecule has 0 aromatic rings. The summed E-state index contributed by atoms with van der Waals surface area (Å²) >= 11 is 0. The number of hydrogen-bond donors (Lipinski definition) is 2. The summed E-state index contributed by atoms with van der Waals surface area (Å²) in [4.78, 5) is 22.2. The summed E-state index contributed by atoms with van der Waals surface area (Å²) in [5, 5.41) is 18.2. The number of hydrogen-bond acceptors (Lipinski definition) is 2. The van der Waals surface area contributed by atoms with Crippen LogP contribution in [-0.4, -0.2) is 22.2 Å². The number of rotatable bonds is 7. The van der Waals surface area contributed by atoms with Gasteiger partial charge in [-0.05, 0) is 12.3 Å². The van der Waals surface area contributed by atoms with Crippen molar-refractivity contribution >= 4 is 11.9 Å². The van der Waals surface area contributed by atoms with Crippen LogP contribution in [0.15, 0.2) is 0 Å². The Morgan fingerprint density at radius 3 is 1.88 bits per heavy atom. The molecule has 0 aromatic heterocycles. The third kappa shape index (κ3) is 4.45. The van der Waals surface area contributed by atoms with E-state index in [0.29, 0.717) is 6.42 Å².